The zero-order chi connectivity index (χ0) is 23.9. The average Bonchev–Trinajstić information content (AvgIpc) is 3.70. The van der Waals surface area contributed by atoms with Crippen LogP contribution in [-0.4, -0.2) is 24.2 Å². The Labute approximate surface area is 213 Å². The molecule has 4 N–H and O–H groups in total. The molecule has 0 unspecified atom stereocenters. The highest BCUT2D eigenvalue weighted by molar-refractivity contribution is 5.63. The number of hydrogen-bond donors (Lipinski definition) is 4. The molecule has 4 nitrogen and oxygen atoms in total. The van der Waals surface area contributed by atoms with Gasteiger partial charge in [-0.15, -0.1) is 0 Å². The van der Waals surface area contributed by atoms with Gasteiger partial charge in [0.1, 0.15) is 0 Å². The highest BCUT2D eigenvalue weighted by atomic mass is 15.1. The van der Waals surface area contributed by atoms with Crippen molar-refractivity contribution in [3.05, 3.63) is 119 Å². The van der Waals surface area contributed by atoms with Crippen molar-refractivity contribution in [1.82, 2.24) is 0 Å². The average molecular weight is 473 g/mol. The molecule has 4 heteroatoms. The third kappa shape index (κ3) is 3.97. The smallest absolute Gasteiger partial charge is 0.0507 e. The van der Waals surface area contributed by atoms with Gasteiger partial charge in [0.25, 0.3) is 0 Å². The van der Waals surface area contributed by atoms with E-state index in [0.717, 1.165) is 25.7 Å². The molecular weight excluding hydrogens is 440 g/mol. The van der Waals surface area contributed by atoms with E-state index in [1.807, 2.05) is 0 Å². The Hall–Kier alpha value is -3.92. The van der Waals surface area contributed by atoms with Crippen LogP contribution in [0.5, 0.6) is 0 Å². The summed E-state index contributed by atoms with van der Waals surface area (Å²) in [7, 11) is 0. The number of rotatable bonds is 2. The van der Waals surface area contributed by atoms with Gasteiger partial charge in [0, 0.05) is 22.7 Å². The minimum atomic E-state index is 0.509. The van der Waals surface area contributed by atoms with Gasteiger partial charge in [0.15, 0.2) is 0 Å². The van der Waals surface area contributed by atoms with Gasteiger partial charge < -0.3 is 21.3 Å². The molecule has 4 atom stereocenters. The molecule has 36 heavy (non-hydrogen) atoms. The van der Waals surface area contributed by atoms with Gasteiger partial charge in [-0.05, 0) is 72.2 Å². The first-order valence-corrected chi connectivity index (χ1v) is 13.2. The van der Waals surface area contributed by atoms with Gasteiger partial charge >= 0.3 is 0 Å². The van der Waals surface area contributed by atoms with Crippen LogP contribution in [0.3, 0.4) is 0 Å². The summed E-state index contributed by atoms with van der Waals surface area (Å²) in [4.78, 5) is 0. The van der Waals surface area contributed by atoms with Crippen LogP contribution in [-0.2, 0) is 25.7 Å². The van der Waals surface area contributed by atoms with Gasteiger partial charge in [-0.2, -0.15) is 0 Å². The van der Waals surface area contributed by atoms with Crippen molar-refractivity contribution in [3.63, 3.8) is 0 Å². The Balaban J connectivity index is 0.000000122. The third-order valence-corrected chi connectivity index (χ3v) is 8.16. The number of anilines is 4. The van der Waals surface area contributed by atoms with E-state index in [1.54, 1.807) is 0 Å². The fourth-order valence-corrected chi connectivity index (χ4v) is 6.28. The van der Waals surface area contributed by atoms with Gasteiger partial charge in [-0.3, -0.25) is 0 Å². The molecular formula is C32H32N4. The predicted molar refractivity (Wildman–Crippen MR) is 150 cm³/mol. The maximum atomic E-state index is 3.65. The van der Waals surface area contributed by atoms with Gasteiger partial charge in [-0.1, -0.05) is 72.8 Å². The molecule has 4 aromatic carbocycles. The van der Waals surface area contributed by atoms with E-state index in [4.69, 9.17) is 0 Å². The molecule has 4 aliphatic rings. The van der Waals surface area contributed by atoms with Gasteiger partial charge in [0.05, 0.1) is 24.2 Å². The maximum absolute atomic E-state index is 3.65. The maximum Gasteiger partial charge on any atom is 0.0507 e. The monoisotopic (exact) mass is 472 g/mol. The predicted octanol–water partition coefficient (Wildman–Crippen LogP) is 6.12. The Kier molecular flexibility index (Phi) is 5.31. The molecule has 4 aromatic rings. The highest BCUT2D eigenvalue weighted by Crippen LogP contribution is 2.34. The Morgan fingerprint density at radius 1 is 0.333 bits per heavy atom. The van der Waals surface area contributed by atoms with Crippen molar-refractivity contribution < 1.29 is 0 Å². The first-order valence-electron chi connectivity index (χ1n) is 13.2. The molecule has 0 saturated heterocycles. The van der Waals surface area contributed by atoms with Crippen LogP contribution in [0.1, 0.15) is 22.3 Å². The highest BCUT2D eigenvalue weighted by Gasteiger charge is 2.33. The van der Waals surface area contributed by atoms with Crippen LogP contribution in [0, 0.1) is 0 Å². The summed E-state index contributed by atoms with van der Waals surface area (Å²) in [6.07, 6.45) is 4.51. The largest absolute Gasteiger partial charge is 0.380 e. The second-order valence-electron chi connectivity index (χ2n) is 10.4. The van der Waals surface area contributed by atoms with Crippen LogP contribution >= 0.6 is 0 Å². The molecule has 8 rings (SSSR count). The lowest BCUT2D eigenvalue weighted by molar-refractivity contribution is 0.621. The summed E-state index contributed by atoms with van der Waals surface area (Å²) in [6.45, 7) is 0. The van der Waals surface area contributed by atoms with Crippen molar-refractivity contribution >= 4 is 22.7 Å². The van der Waals surface area contributed by atoms with E-state index in [2.05, 4.69) is 118 Å². The standard InChI is InChI=1S/2C16H16N2/c2*1-3-7-13-11(5-1)9-15(17-13)16-10-12-6-2-4-8-14(12)18-16/h2*1-8,15-18H,9-10H2/t2*15-,16-/m00/s1. The number of para-hydroxylation sites is 4. The van der Waals surface area contributed by atoms with Crippen molar-refractivity contribution in [2.45, 2.75) is 49.9 Å². The fourth-order valence-electron chi connectivity index (χ4n) is 6.28. The molecule has 4 heterocycles. The topological polar surface area (TPSA) is 48.1 Å². The van der Waals surface area contributed by atoms with Crippen molar-refractivity contribution in [2.24, 2.45) is 0 Å². The number of benzene rings is 4. The molecule has 4 aliphatic heterocycles. The lowest BCUT2D eigenvalue weighted by atomic mass is 10.0. The molecule has 180 valence electrons. The summed E-state index contributed by atoms with van der Waals surface area (Å²) in [5.74, 6) is 0. The Bertz CT molecular complexity index is 1080. The molecule has 0 bridgehead atoms. The summed E-state index contributed by atoms with van der Waals surface area (Å²) < 4.78 is 0. The zero-order valence-electron chi connectivity index (χ0n) is 20.4. The van der Waals surface area contributed by atoms with Crippen molar-refractivity contribution in [1.29, 1.82) is 0 Å². The Morgan fingerprint density at radius 2 is 0.556 bits per heavy atom. The zero-order valence-corrected chi connectivity index (χ0v) is 20.4. The van der Waals surface area contributed by atoms with Gasteiger partial charge in [0.2, 0.25) is 0 Å². The van der Waals surface area contributed by atoms with Crippen LogP contribution in [0.15, 0.2) is 97.1 Å². The summed E-state index contributed by atoms with van der Waals surface area (Å²) >= 11 is 0. The minimum absolute atomic E-state index is 0.509. The molecule has 0 radical (unpaired) electrons. The second-order valence-corrected chi connectivity index (χ2v) is 10.4. The second kappa shape index (κ2) is 8.94. The van der Waals surface area contributed by atoms with Crippen LogP contribution in [0.2, 0.25) is 0 Å². The van der Waals surface area contributed by atoms with E-state index < -0.39 is 0 Å². The Morgan fingerprint density at radius 3 is 0.778 bits per heavy atom. The lowest BCUT2D eigenvalue weighted by Crippen LogP contribution is -2.36. The quantitative estimate of drug-likeness (QED) is 0.284. The molecule has 0 aromatic heterocycles. The number of hydrogen-bond acceptors (Lipinski definition) is 4. The van der Waals surface area contributed by atoms with E-state index in [-0.39, 0.29) is 0 Å². The SMILES string of the molecule is c1ccc2c(c1)C[C@@H]([C@@H]1Cc3ccccc3N1)N2.c1ccc2c(c1)C[C@@H]([C@@H]1Cc3ccccc3N1)N2. The van der Waals surface area contributed by atoms with E-state index in [0.29, 0.717) is 24.2 Å². The summed E-state index contributed by atoms with van der Waals surface area (Å²) in [5.41, 5.74) is 11.0. The first kappa shape index (κ1) is 21.4. The lowest BCUT2D eigenvalue weighted by Gasteiger charge is -2.20. The van der Waals surface area contributed by atoms with Crippen molar-refractivity contribution in [3.8, 4) is 0 Å². The molecule has 0 aliphatic carbocycles. The van der Waals surface area contributed by atoms with Crippen LogP contribution in [0.4, 0.5) is 22.7 Å². The summed E-state index contributed by atoms with van der Waals surface area (Å²) in [5, 5.41) is 14.6. The van der Waals surface area contributed by atoms with Crippen LogP contribution in [0.25, 0.3) is 0 Å². The van der Waals surface area contributed by atoms with Crippen molar-refractivity contribution in [2.75, 3.05) is 21.3 Å². The first-order chi connectivity index (χ1) is 17.8. The molecule has 0 spiro atoms. The number of fused-ring (bicyclic) bond motifs is 4. The number of nitrogens with one attached hydrogen (secondary N) is 4. The van der Waals surface area contributed by atoms with E-state index >= 15 is 0 Å². The van der Waals surface area contributed by atoms with E-state index in [1.165, 1.54) is 45.0 Å². The minimum Gasteiger partial charge on any atom is -0.380 e. The molecule has 0 saturated carbocycles. The molecule has 0 amide bonds. The van der Waals surface area contributed by atoms with E-state index in [9.17, 15) is 0 Å². The third-order valence-electron chi connectivity index (χ3n) is 8.16. The van der Waals surface area contributed by atoms with Gasteiger partial charge in [-0.25, -0.2) is 0 Å². The van der Waals surface area contributed by atoms with Crippen LogP contribution < -0.4 is 21.3 Å². The molecule has 0 fully saturated rings. The fraction of sp³-hybridized carbons (Fsp3) is 0.250. The summed E-state index contributed by atoms with van der Waals surface area (Å²) in [6, 6.07) is 36.6. The normalized spacial score (nSPS) is 24.0.